The predicted octanol–water partition coefficient (Wildman–Crippen LogP) is 3.12. The zero-order chi connectivity index (χ0) is 13.0. The van der Waals surface area contributed by atoms with Gasteiger partial charge < -0.3 is 5.11 Å². The van der Waals surface area contributed by atoms with Crippen molar-refractivity contribution in [3.05, 3.63) is 59.7 Å². The second-order valence-corrected chi connectivity index (χ2v) is 3.92. The number of nitrogens with zero attached hydrogens (tertiary/aromatic N) is 1. The van der Waals surface area contributed by atoms with E-state index in [2.05, 4.69) is 6.07 Å². The van der Waals surface area contributed by atoms with E-state index in [-0.39, 0.29) is 5.56 Å². The molecule has 2 aromatic rings. The highest BCUT2D eigenvalue weighted by molar-refractivity contribution is 5.88. The van der Waals surface area contributed by atoms with E-state index in [1.54, 1.807) is 24.3 Å². The Hall–Kier alpha value is -2.60. The Labute approximate surface area is 105 Å². The molecule has 0 aliphatic heterocycles. The van der Waals surface area contributed by atoms with Gasteiger partial charge in [-0.2, -0.15) is 5.26 Å². The van der Waals surface area contributed by atoms with Crippen LogP contribution in [-0.4, -0.2) is 11.1 Å². The van der Waals surface area contributed by atoms with Crippen molar-refractivity contribution < 1.29 is 9.90 Å². The van der Waals surface area contributed by atoms with Gasteiger partial charge >= 0.3 is 5.97 Å². The van der Waals surface area contributed by atoms with Crippen LogP contribution in [0.25, 0.3) is 11.1 Å². The summed E-state index contributed by atoms with van der Waals surface area (Å²) in [6.07, 6.45) is 0.376. The molecule has 2 rings (SSSR count). The standard InChI is InChI=1S/C15H11NO2/c16-9-8-11-2-1-3-14(10-11)12-4-6-13(7-5-12)15(17)18/h1-7,10H,8H2,(H,17,18). The lowest BCUT2D eigenvalue weighted by atomic mass is 10.0. The Balaban J connectivity index is 2.34. The van der Waals surface area contributed by atoms with Crippen LogP contribution in [0.15, 0.2) is 48.5 Å². The van der Waals surface area contributed by atoms with Gasteiger partial charge in [0.05, 0.1) is 18.1 Å². The minimum Gasteiger partial charge on any atom is -0.478 e. The maximum Gasteiger partial charge on any atom is 0.335 e. The number of carboxylic acid groups (broad SMARTS) is 1. The van der Waals surface area contributed by atoms with Crippen molar-refractivity contribution in [2.24, 2.45) is 0 Å². The molecule has 0 spiro atoms. The lowest BCUT2D eigenvalue weighted by Gasteiger charge is -2.04. The molecule has 18 heavy (non-hydrogen) atoms. The molecule has 0 saturated heterocycles. The molecule has 0 fully saturated rings. The molecule has 3 heteroatoms. The van der Waals surface area contributed by atoms with Gasteiger partial charge in [0.1, 0.15) is 0 Å². The molecule has 0 aromatic heterocycles. The number of rotatable bonds is 3. The topological polar surface area (TPSA) is 61.1 Å². The van der Waals surface area contributed by atoms with Crippen molar-refractivity contribution in [3.8, 4) is 17.2 Å². The lowest BCUT2D eigenvalue weighted by molar-refractivity contribution is 0.0697. The predicted molar refractivity (Wildman–Crippen MR) is 68.2 cm³/mol. The van der Waals surface area contributed by atoms with Gasteiger partial charge in [0.25, 0.3) is 0 Å². The van der Waals surface area contributed by atoms with Crippen molar-refractivity contribution >= 4 is 5.97 Å². The molecule has 0 unspecified atom stereocenters. The van der Waals surface area contributed by atoms with E-state index >= 15 is 0 Å². The number of aromatic carboxylic acids is 1. The monoisotopic (exact) mass is 237 g/mol. The summed E-state index contributed by atoms with van der Waals surface area (Å²) in [4.78, 5) is 10.8. The maximum absolute atomic E-state index is 10.8. The average molecular weight is 237 g/mol. The second kappa shape index (κ2) is 5.15. The third-order valence-corrected chi connectivity index (χ3v) is 2.68. The van der Waals surface area contributed by atoms with Crippen LogP contribution in [-0.2, 0) is 6.42 Å². The van der Waals surface area contributed by atoms with E-state index in [0.717, 1.165) is 16.7 Å². The first-order chi connectivity index (χ1) is 8.70. The highest BCUT2D eigenvalue weighted by atomic mass is 16.4. The van der Waals surface area contributed by atoms with Gasteiger partial charge in [-0.1, -0.05) is 36.4 Å². The molecule has 0 bridgehead atoms. The molecular formula is C15H11NO2. The highest BCUT2D eigenvalue weighted by Crippen LogP contribution is 2.21. The second-order valence-electron chi connectivity index (χ2n) is 3.92. The highest BCUT2D eigenvalue weighted by Gasteiger charge is 2.03. The molecule has 88 valence electrons. The Morgan fingerprint density at radius 1 is 1.11 bits per heavy atom. The SMILES string of the molecule is N#CCc1cccc(-c2ccc(C(=O)O)cc2)c1. The normalized spacial score (nSPS) is 9.72. The summed E-state index contributed by atoms with van der Waals surface area (Å²) in [5.41, 5.74) is 3.16. The van der Waals surface area contributed by atoms with Gasteiger partial charge in [0.15, 0.2) is 0 Å². The molecule has 0 radical (unpaired) electrons. The van der Waals surface area contributed by atoms with E-state index in [1.807, 2.05) is 24.3 Å². The van der Waals surface area contributed by atoms with Gasteiger partial charge in [-0.05, 0) is 28.8 Å². The van der Waals surface area contributed by atoms with E-state index < -0.39 is 5.97 Å². The molecule has 0 aliphatic rings. The fraction of sp³-hybridized carbons (Fsp3) is 0.0667. The summed E-state index contributed by atoms with van der Waals surface area (Å²) in [6.45, 7) is 0. The van der Waals surface area contributed by atoms with E-state index in [1.165, 1.54) is 0 Å². The van der Waals surface area contributed by atoms with Crippen LogP contribution in [0.2, 0.25) is 0 Å². The van der Waals surface area contributed by atoms with Crippen LogP contribution in [0.3, 0.4) is 0 Å². The fourth-order valence-corrected chi connectivity index (χ4v) is 1.76. The first kappa shape index (κ1) is 11.9. The van der Waals surface area contributed by atoms with E-state index in [0.29, 0.717) is 6.42 Å². The number of carbonyl (C=O) groups is 1. The zero-order valence-corrected chi connectivity index (χ0v) is 9.63. The van der Waals surface area contributed by atoms with Crippen LogP contribution in [0, 0.1) is 11.3 Å². The maximum atomic E-state index is 10.8. The molecule has 3 nitrogen and oxygen atoms in total. The Bertz CT molecular complexity index is 609. The summed E-state index contributed by atoms with van der Waals surface area (Å²) in [7, 11) is 0. The molecule has 0 heterocycles. The number of hydrogen-bond donors (Lipinski definition) is 1. The quantitative estimate of drug-likeness (QED) is 0.892. The number of hydrogen-bond acceptors (Lipinski definition) is 2. The minimum absolute atomic E-state index is 0.270. The van der Waals surface area contributed by atoms with Crippen molar-refractivity contribution in [3.63, 3.8) is 0 Å². The van der Waals surface area contributed by atoms with Crippen molar-refractivity contribution in [2.75, 3.05) is 0 Å². The average Bonchev–Trinajstić information content (AvgIpc) is 2.39. The van der Waals surface area contributed by atoms with Crippen LogP contribution in [0.4, 0.5) is 0 Å². The van der Waals surface area contributed by atoms with Crippen LogP contribution < -0.4 is 0 Å². The van der Waals surface area contributed by atoms with Crippen LogP contribution >= 0.6 is 0 Å². The lowest BCUT2D eigenvalue weighted by Crippen LogP contribution is -1.95. The largest absolute Gasteiger partial charge is 0.478 e. The molecular weight excluding hydrogens is 226 g/mol. The smallest absolute Gasteiger partial charge is 0.335 e. The molecule has 2 aromatic carbocycles. The molecule has 0 aliphatic carbocycles. The number of nitriles is 1. The molecule has 0 atom stereocenters. The summed E-state index contributed by atoms with van der Waals surface area (Å²) >= 11 is 0. The zero-order valence-electron chi connectivity index (χ0n) is 9.63. The van der Waals surface area contributed by atoms with Crippen molar-refractivity contribution in [1.82, 2.24) is 0 Å². The van der Waals surface area contributed by atoms with Crippen molar-refractivity contribution in [1.29, 1.82) is 5.26 Å². The summed E-state index contributed by atoms with van der Waals surface area (Å²) in [6, 6.07) is 16.5. The number of carboxylic acids is 1. The Morgan fingerprint density at radius 2 is 1.83 bits per heavy atom. The third-order valence-electron chi connectivity index (χ3n) is 2.68. The first-order valence-electron chi connectivity index (χ1n) is 5.50. The van der Waals surface area contributed by atoms with Crippen LogP contribution in [0.5, 0.6) is 0 Å². The van der Waals surface area contributed by atoms with Crippen molar-refractivity contribution in [2.45, 2.75) is 6.42 Å². The number of benzene rings is 2. The first-order valence-corrected chi connectivity index (χ1v) is 5.50. The van der Waals surface area contributed by atoms with Gasteiger partial charge in [-0.3, -0.25) is 0 Å². The van der Waals surface area contributed by atoms with Gasteiger partial charge in [0.2, 0.25) is 0 Å². The Morgan fingerprint density at radius 3 is 2.44 bits per heavy atom. The molecule has 0 amide bonds. The van der Waals surface area contributed by atoms with Gasteiger partial charge in [0, 0.05) is 0 Å². The fourth-order valence-electron chi connectivity index (χ4n) is 1.76. The summed E-state index contributed by atoms with van der Waals surface area (Å²) < 4.78 is 0. The van der Waals surface area contributed by atoms with Gasteiger partial charge in [-0.15, -0.1) is 0 Å². The molecule has 0 saturated carbocycles. The van der Waals surface area contributed by atoms with E-state index in [9.17, 15) is 4.79 Å². The van der Waals surface area contributed by atoms with E-state index in [4.69, 9.17) is 10.4 Å². The molecule has 1 N–H and O–H groups in total. The van der Waals surface area contributed by atoms with Crippen LogP contribution in [0.1, 0.15) is 15.9 Å². The minimum atomic E-state index is -0.931. The summed E-state index contributed by atoms with van der Waals surface area (Å²) in [5.74, 6) is -0.931. The third kappa shape index (κ3) is 2.55. The summed E-state index contributed by atoms with van der Waals surface area (Å²) in [5, 5.41) is 17.5. The Kier molecular flexibility index (Phi) is 3.40. The van der Waals surface area contributed by atoms with Gasteiger partial charge in [-0.25, -0.2) is 4.79 Å².